The first-order valence-electron chi connectivity index (χ1n) is 8.38. The molecule has 2 aliphatic heterocycles. The minimum absolute atomic E-state index is 0.0783. The number of halogens is 2. The maximum atomic E-state index is 14.0. The molecule has 0 amide bonds. The molecule has 8 nitrogen and oxygen atoms in total. The third-order valence-electron chi connectivity index (χ3n) is 4.47. The van der Waals surface area contributed by atoms with Gasteiger partial charge in [0.2, 0.25) is 11.8 Å². The van der Waals surface area contributed by atoms with Crippen LogP contribution >= 0.6 is 11.6 Å². The molecule has 2 aliphatic rings. The number of allylic oxidation sites excluding steroid dienone is 1. The number of hydrogen-bond acceptors (Lipinski definition) is 7. The third kappa shape index (κ3) is 3.55. The highest BCUT2D eigenvalue weighted by atomic mass is 35.5. The van der Waals surface area contributed by atoms with Gasteiger partial charge in [0, 0.05) is 43.9 Å². The molecule has 0 N–H and O–H groups in total. The summed E-state index contributed by atoms with van der Waals surface area (Å²) in [6.45, 7) is 1.24. The van der Waals surface area contributed by atoms with Crippen LogP contribution in [0.4, 0.5) is 4.39 Å². The van der Waals surface area contributed by atoms with E-state index in [4.69, 9.17) is 16.3 Å². The molecule has 1 fully saturated rings. The van der Waals surface area contributed by atoms with Crippen LogP contribution in [0.3, 0.4) is 0 Å². The predicted molar refractivity (Wildman–Crippen MR) is 96.0 cm³/mol. The van der Waals surface area contributed by atoms with E-state index in [1.165, 1.54) is 6.07 Å². The van der Waals surface area contributed by atoms with Crippen molar-refractivity contribution in [3.8, 4) is 17.1 Å². The molecule has 4 heterocycles. The molecule has 0 saturated carbocycles. The monoisotopic (exact) mass is 390 g/mol. The number of aliphatic imine (C=N–C) groups is 1. The number of hydrogen-bond donors (Lipinski definition) is 0. The molecule has 1 saturated heterocycles. The number of dihydropyridines is 1. The van der Waals surface area contributed by atoms with Crippen LogP contribution in [0.25, 0.3) is 11.3 Å². The molecule has 0 unspecified atom stereocenters. The molecular weight excluding hydrogens is 375 g/mol. The zero-order chi connectivity index (χ0) is 19.0. The minimum Gasteiger partial charge on any atom is -0.472 e. The van der Waals surface area contributed by atoms with Gasteiger partial charge in [-0.1, -0.05) is 16.8 Å². The molecule has 1 atom stereocenters. The van der Waals surface area contributed by atoms with E-state index in [-0.39, 0.29) is 29.3 Å². The summed E-state index contributed by atoms with van der Waals surface area (Å²) in [7, 11) is 1.72. The van der Waals surface area contributed by atoms with Crippen LogP contribution in [-0.2, 0) is 11.8 Å². The average Bonchev–Trinajstić information content (AvgIpc) is 3.26. The van der Waals surface area contributed by atoms with E-state index >= 15 is 0 Å². The summed E-state index contributed by atoms with van der Waals surface area (Å²) >= 11 is 6.11. The standard InChI is InChI=1S/C17H16ClFN6O2/c1-24-12(7-21-23-24)10-4-15(19)22-16(5-10)27-11-2-3-25(9-11)13-6-20-8-14(26)17(13)18/h4-7,11H,2-3,8-9H2,1H3/t11-/m1/s1. The SMILES string of the molecule is Cn1nncc1-c1cc(F)nc(O[C@@H]2CCN(C3=C(Cl)C(=O)CN=C3)C2)c1. The lowest BCUT2D eigenvalue weighted by atomic mass is 10.2. The second kappa shape index (κ2) is 7.07. The predicted octanol–water partition coefficient (Wildman–Crippen LogP) is 1.57. The first-order chi connectivity index (χ1) is 13.0. The molecule has 4 rings (SSSR count). The van der Waals surface area contributed by atoms with Gasteiger partial charge in [-0.15, -0.1) is 5.10 Å². The first kappa shape index (κ1) is 17.6. The van der Waals surface area contributed by atoms with Crippen LogP contribution in [0.15, 0.2) is 34.1 Å². The molecule has 2 aromatic heterocycles. The molecule has 2 aromatic rings. The number of ether oxygens (including phenoxy) is 1. The fraction of sp³-hybridized carbons (Fsp3) is 0.353. The van der Waals surface area contributed by atoms with Gasteiger partial charge >= 0.3 is 0 Å². The van der Waals surface area contributed by atoms with Gasteiger partial charge < -0.3 is 9.64 Å². The van der Waals surface area contributed by atoms with E-state index in [1.54, 1.807) is 30.2 Å². The molecule has 140 valence electrons. The van der Waals surface area contributed by atoms with Crippen molar-refractivity contribution in [2.45, 2.75) is 12.5 Å². The van der Waals surface area contributed by atoms with Gasteiger partial charge in [0.05, 0.1) is 24.1 Å². The Morgan fingerprint density at radius 1 is 1.37 bits per heavy atom. The summed E-state index contributed by atoms with van der Waals surface area (Å²) in [5.41, 5.74) is 1.84. The van der Waals surface area contributed by atoms with Gasteiger partial charge in [-0.25, -0.2) is 4.68 Å². The molecular formula is C17H16ClFN6O2. The Labute approximate surface area is 159 Å². The molecule has 10 heteroatoms. The Morgan fingerprint density at radius 3 is 3.00 bits per heavy atom. The average molecular weight is 391 g/mol. The zero-order valence-electron chi connectivity index (χ0n) is 14.5. The van der Waals surface area contributed by atoms with Crippen molar-refractivity contribution in [2.75, 3.05) is 19.6 Å². The summed E-state index contributed by atoms with van der Waals surface area (Å²) in [5.74, 6) is -0.652. The molecule has 27 heavy (non-hydrogen) atoms. The number of pyridine rings is 1. The van der Waals surface area contributed by atoms with Gasteiger partial charge in [-0.2, -0.15) is 9.37 Å². The van der Waals surface area contributed by atoms with Crippen molar-refractivity contribution in [1.29, 1.82) is 0 Å². The van der Waals surface area contributed by atoms with E-state index in [0.717, 1.165) is 0 Å². The third-order valence-corrected chi connectivity index (χ3v) is 4.88. The van der Waals surface area contributed by atoms with Crippen molar-refractivity contribution < 1.29 is 13.9 Å². The number of carbonyl (C=O) groups excluding carboxylic acids is 1. The van der Waals surface area contributed by atoms with Crippen LogP contribution < -0.4 is 4.74 Å². The number of likely N-dealkylation sites (tertiary alicyclic amines) is 1. The summed E-state index contributed by atoms with van der Waals surface area (Å²) in [6, 6.07) is 2.96. The van der Waals surface area contributed by atoms with Gasteiger partial charge in [0.15, 0.2) is 5.78 Å². The maximum Gasteiger partial charge on any atom is 0.216 e. The summed E-state index contributed by atoms with van der Waals surface area (Å²) in [6.07, 6.45) is 3.64. The highest BCUT2D eigenvalue weighted by Crippen LogP contribution is 2.27. The van der Waals surface area contributed by atoms with E-state index in [0.29, 0.717) is 36.5 Å². The van der Waals surface area contributed by atoms with Crippen molar-refractivity contribution >= 4 is 23.6 Å². The van der Waals surface area contributed by atoms with Crippen molar-refractivity contribution in [3.05, 3.63) is 35.0 Å². The largest absolute Gasteiger partial charge is 0.472 e. The van der Waals surface area contributed by atoms with E-state index in [1.807, 2.05) is 4.90 Å². The number of Topliss-reactive ketones (excluding diaryl/α,β-unsaturated/α-hetero) is 1. The molecule has 0 spiro atoms. The number of nitrogens with zero attached hydrogens (tertiary/aromatic N) is 6. The topological polar surface area (TPSA) is 85.5 Å². The lowest BCUT2D eigenvalue weighted by Crippen LogP contribution is -2.28. The molecule has 0 aliphatic carbocycles. The number of ketones is 1. The van der Waals surface area contributed by atoms with Crippen molar-refractivity contribution in [3.63, 3.8) is 0 Å². The van der Waals surface area contributed by atoms with E-state index in [9.17, 15) is 9.18 Å². The maximum absolute atomic E-state index is 14.0. The fourth-order valence-corrected chi connectivity index (χ4v) is 3.38. The van der Waals surface area contributed by atoms with Gasteiger partial charge in [-0.3, -0.25) is 9.79 Å². The summed E-state index contributed by atoms with van der Waals surface area (Å²) in [5, 5.41) is 7.85. The van der Waals surface area contributed by atoms with Gasteiger partial charge in [-0.05, 0) is 0 Å². The second-order valence-corrected chi connectivity index (χ2v) is 6.70. The Hall–Kier alpha value is -2.81. The number of carbonyl (C=O) groups is 1. The zero-order valence-corrected chi connectivity index (χ0v) is 15.2. The number of aromatic nitrogens is 4. The lowest BCUT2D eigenvalue weighted by Gasteiger charge is -2.22. The van der Waals surface area contributed by atoms with Crippen LogP contribution in [0.1, 0.15) is 6.42 Å². The normalized spacial score (nSPS) is 19.9. The van der Waals surface area contributed by atoms with Gasteiger partial charge in [0.25, 0.3) is 0 Å². The van der Waals surface area contributed by atoms with Crippen LogP contribution in [0.2, 0.25) is 0 Å². The Kier molecular flexibility index (Phi) is 4.61. The fourth-order valence-electron chi connectivity index (χ4n) is 3.15. The summed E-state index contributed by atoms with van der Waals surface area (Å²) in [4.78, 5) is 21.5. The molecule has 0 radical (unpaired) electrons. The van der Waals surface area contributed by atoms with E-state index < -0.39 is 5.95 Å². The molecule has 0 bridgehead atoms. The number of aryl methyl sites for hydroxylation is 1. The van der Waals surface area contributed by atoms with Crippen molar-refractivity contribution in [2.24, 2.45) is 12.0 Å². The lowest BCUT2D eigenvalue weighted by molar-refractivity contribution is -0.113. The first-order valence-corrected chi connectivity index (χ1v) is 8.76. The van der Waals surface area contributed by atoms with Crippen LogP contribution in [0.5, 0.6) is 5.88 Å². The van der Waals surface area contributed by atoms with E-state index in [2.05, 4.69) is 20.3 Å². The quantitative estimate of drug-likeness (QED) is 0.737. The van der Waals surface area contributed by atoms with Crippen LogP contribution in [0, 0.1) is 5.95 Å². The smallest absolute Gasteiger partial charge is 0.216 e. The Bertz CT molecular complexity index is 957. The highest BCUT2D eigenvalue weighted by molar-refractivity contribution is 6.44. The Balaban J connectivity index is 1.50. The number of rotatable bonds is 4. The minimum atomic E-state index is -0.644. The summed E-state index contributed by atoms with van der Waals surface area (Å²) < 4.78 is 21.4. The molecule has 0 aromatic carbocycles. The highest BCUT2D eigenvalue weighted by Gasteiger charge is 2.29. The Morgan fingerprint density at radius 2 is 2.22 bits per heavy atom. The van der Waals surface area contributed by atoms with Crippen molar-refractivity contribution in [1.82, 2.24) is 24.9 Å². The van der Waals surface area contributed by atoms with Gasteiger partial charge in [0.1, 0.15) is 17.7 Å². The second-order valence-electron chi connectivity index (χ2n) is 6.33. The van der Waals surface area contributed by atoms with Crippen LogP contribution in [-0.4, -0.2) is 62.6 Å².